The average molecular weight is 285 g/mol. The number of alkyl halides is 3. The average Bonchev–Trinajstić information content (AvgIpc) is 2.15. The van der Waals surface area contributed by atoms with E-state index in [2.05, 4.69) is 36.5 Å². The molecule has 15 heavy (non-hydrogen) atoms. The molecule has 1 heterocycles. The Hall–Kier alpha value is -1.05. The lowest BCUT2D eigenvalue weighted by atomic mass is 10.5. The molecule has 0 amide bonds. The lowest BCUT2D eigenvalue weighted by Gasteiger charge is -2.11. The van der Waals surface area contributed by atoms with Gasteiger partial charge in [-0.05, 0) is 15.9 Å². The summed E-state index contributed by atoms with van der Waals surface area (Å²) in [6, 6.07) is 0. The van der Waals surface area contributed by atoms with Crippen LogP contribution in [0.5, 0.6) is 0 Å². The third kappa shape index (κ3) is 3.54. The summed E-state index contributed by atoms with van der Waals surface area (Å²) in [5, 5.41) is 4.88. The Bertz CT molecular complexity index is 341. The van der Waals surface area contributed by atoms with Crippen molar-refractivity contribution in [2.75, 3.05) is 24.2 Å². The van der Waals surface area contributed by atoms with Crippen molar-refractivity contribution in [3.63, 3.8) is 0 Å². The summed E-state index contributed by atoms with van der Waals surface area (Å²) in [6.45, 7) is -1.13. The highest BCUT2D eigenvalue weighted by molar-refractivity contribution is 9.10. The van der Waals surface area contributed by atoms with Gasteiger partial charge in [0.2, 0.25) is 0 Å². The zero-order valence-electron chi connectivity index (χ0n) is 7.69. The number of aromatic nitrogens is 2. The normalized spacial score (nSPS) is 11.3. The Kier molecular flexibility index (Phi) is 3.72. The van der Waals surface area contributed by atoms with Crippen molar-refractivity contribution in [2.45, 2.75) is 6.18 Å². The van der Waals surface area contributed by atoms with Gasteiger partial charge in [-0.25, -0.2) is 9.97 Å². The van der Waals surface area contributed by atoms with Crippen LogP contribution in [0.15, 0.2) is 10.8 Å². The SMILES string of the molecule is CNc1ncnc(NCC(F)(F)F)c1Br. The highest BCUT2D eigenvalue weighted by Crippen LogP contribution is 2.27. The largest absolute Gasteiger partial charge is 0.405 e. The van der Waals surface area contributed by atoms with Gasteiger partial charge in [-0.3, -0.25) is 0 Å². The van der Waals surface area contributed by atoms with E-state index in [-0.39, 0.29) is 5.82 Å². The molecule has 0 aliphatic carbocycles. The van der Waals surface area contributed by atoms with E-state index >= 15 is 0 Å². The third-order valence-corrected chi connectivity index (χ3v) is 2.23. The summed E-state index contributed by atoms with van der Waals surface area (Å²) in [5.41, 5.74) is 0. The Labute approximate surface area is 92.4 Å². The van der Waals surface area contributed by atoms with Gasteiger partial charge < -0.3 is 10.6 Å². The van der Waals surface area contributed by atoms with Crippen LogP contribution in [-0.2, 0) is 0 Å². The van der Waals surface area contributed by atoms with E-state index in [9.17, 15) is 13.2 Å². The second-order valence-electron chi connectivity index (χ2n) is 2.60. The van der Waals surface area contributed by atoms with Crippen LogP contribution in [0.4, 0.5) is 24.8 Å². The van der Waals surface area contributed by atoms with Crippen LogP contribution in [0.2, 0.25) is 0 Å². The minimum Gasteiger partial charge on any atom is -0.372 e. The van der Waals surface area contributed by atoms with Gasteiger partial charge in [-0.2, -0.15) is 13.2 Å². The van der Waals surface area contributed by atoms with E-state index in [1.165, 1.54) is 6.33 Å². The van der Waals surface area contributed by atoms with Crippen molar-refractivity contribution in [2.24, 2.45) is 0 Å². The molecule has 0 radical (unpaired) electrons. The first-order valence-corrected chi connectivity index (χ1v) is 4.72. The summed E-state index contributed by atoms with van der Waals surface area (Å²) in [6.07, 6.45) is -3.10. The van der Waals surface area contributed by atoms with Crippen LogP contribution in [0.25, 0.3) is 0 Å². The topological polar surface area (TPSA) is 49.8 Å². The summed E-state index contributed by atoms with van der Waals surface area (Å²) >= 11 is 3.09. The predicted molar refractivity (Wildman–Crippen MR) is 53.8 cm³/mol. The van der Waals surface area contributed by atoms with Crippen LogP contribution in [0.1, 0.15) is 0 Å². The van der Waals surface area contributed by atoms with Gasteiger partial charge in [0.1, 0.15) is 29.0 Å². The van der Waals surface area contributed by atoms with Crippen LogP contribution < -0.4 is 10.6 Å². The molecule has 0 aliphatic rings. The molecule has 0 aliphatic heterocycles. The summed E-state index contributed by atoms with van der Waals surface area (Å²) < 4.78 is 36.1. The first-order valence-electron chi connectivity index (χ1n) is 3.93. The highest BCUT2D eigenvalue weighted by atomic mass is 79.9. The molecular formula is C7H8BrF3N4. The summed E-state index contributed by atoms with van der Waals surface area (Å²) in [4.78, 5) is 7.49. The molecule has 0 unspecified atom stereocenters. The monoisotopic (exact) mass is 284 g/mol. The molecule has 1 rings (SSSR count). The molecule has 0 bridgehead atoms. The molecule has 0 fully saturated rings. The zero-order valence-corrected chi connectivity index (χ0v) is 9.28. The van der Waals surface area contributed by atoms with Gasteiger partial charge in [0.05, 0.1) is 0 Å². The Morgan fingerprint density at radius 2 is 1.93 bits per heavy atom. The fourth-order valence-electron chi connectivity index (χ4n) is 0.851. The second kappa shape index (κ2) is 4.65. The molecule has 2 N–H and O–H groups in total. The van der Waals surface area contributed by atoms with Crippen LogP contribution >= 0.6 is 15.9 Å². The molecule has 0 saturated heterocycles. The summed E-state index contributed by atoms with van der Waals surface area (Å²) in [5.74, 6) is 0.529. The van der Waals surface area contributed by atoms with E-state index in [4.69, 9.17) is 0 Å². The first-order chi connectivity index (χ1) is 6.94. The van der Waals surface area contributed by atoms with Crippen LogP contribution in [-0.4, -0.2) is 29.7 Å². The maximum atomic E-state index is 11.9. The molecular weight excluding hydrogens is 277 g/mol. The summed E-state index contributed by atoms with van der Waals surface area (Å²) in [7, 11) is 1.61. The van der Waals surface area contributed by atoms with Crippen molar-refractivity contribution < 1.29 is 13.2 Å². The fourth-order valence-corrected chi connectivity index (χ4v) is 1.39. The van der Waals surface area contributed by atoms with Crippen LogP contribution in [0.3, 0.4) is 0 Å². The predicted octanol–water partition coefficient (Wildman–Crippen LogP) is 2.25. The van der Waals surface area contributed by atoms with Crippen molar-refractivity contribution in [1.29, 1.82) is 0 Å². The maximum Gasteiger partial charge on any atom is 0.405 e. The molecule has 8 heteroatoms. The van der Waals surface area contributed by atoms with Gasteiger partial charge in [0.25, 0.3) is 0 Å². The molecule has 0 saturated carbocycles. The number of rotatable bonds is 3. The fraction of sp³-hybridized carbons (Fsp3) is 0.429. The highest BCUT2D eigenvalue weighted by Gasteiger charge is 2.27. The molecule has 84 valence electrons. The third-order valence-electron chi connectivity index (χ3n) is 1.48. The van der Waals surface area contributed by atoms with Crippen molar-refractivity contribution in [3.8, 4) is 0 Å². The van der Waals surface area contributed by atoms with E-state index in [1.54, 1.807) is 7.05 Å². The van der Waals surface area contributed by atoms with Crippen molar-refractivity contribution in [1.82, 2.24) is 9.97 Å². The Balaban J connectivity index is 2.78. The smallest absolute Gasteiger partial charge is 0.372 e. The van der Waals surface area contributed by atoms with Gasteiger partial charge in [-0.1, -0.05) is 0 Å². The van der Waals surface area contributed by atoms with Crippen molar-refractivity contribution >= 4 is 27.6 Å². The maximum absolute atomic E-state index is 11.9. The number of anilines is 2. The molecule has 1 aromatic heterocycles. The van der Waals surface area contributed by atoms with Gasteiger partial charge >= 0.3 is 6.18 Å². The first kappa shape index (κ1) is 12.0. The molecule has 4 nitrogen and oxygen atoms in total. The molecule has 0 spiro atoms. The molecule has 0 aromatic carbocycles. The number of hydrogen-bond acceptors (Lipinski definition) is 4. The van der Waals surface area contributed by atoms with E-state index in [1.807, 2.05) is 0 Å². The van der Waals surface area contributed by atoms with E-state index in [0.717, 1.165) is 0 Å². The second-order valence-corrected chi connectivity index (χ2v) is 3.40. The minimum absolute atomic E-state index is 0.103. The standard InChI is InChI=1S/C7H8BrF3N4/c1-12-5-4(8)6(15-3-14-5)13-2-7(9,10)11/h3H,2H2,1H3,(H2,12,13,14,15). The number of halogens is 4. The number of hydrogen-bond donors (Lipinski definition) is 2. The zero-order chi connectivity index (χ0) is 11.5. The quantitative estimate of drug-likeness (QED) is 0.894. The lowest BCUT2D eigenvalue weighted by Crippen LogP contribution is -2.22. The van der Waals surface area contributed by atoms with E-state index < -0.39 is 12.7 Å². The lowest BCUT2D eigenvalue weighted by molar-refractivity contribution is -0.115. The van der Waals surface area contributed by atoms with Gasteiger partial charge in [0.15, 0.2) is 0 Å². The Morgan fingerprint density at radius 3 is 2.47 bits per heavy atom. The van der Waals surface area contributed by atoms with Crippen molar-refractivity contribution in [3.05, 3.63) is 10.8 Å². The number of nitrogens with zero attached hydrogens (tertiary/aromatic N) is 2. The number of nitrogens with one attached hydrogen (secondary N) is 2. The van der Waals surface area contributed by atoms with Gasteiger partial charge in [0, 0.05) is 7.05 Å². The molecule has 0 atom stereocenters. The minimum atomic E-state index is -4.27. The van der Waals surface area contributed by atoms with Gasteiger partial charge in [-0.15, -0.1) is 0 Å². The van der Waals surface area contributed by atoms with E-state index in [0.29, 0.717) is 10.3 Å². The molecule has 1 aromatic rings. The Morgan fingerprint density at radius 1 is 1.33 bits per heavy atom. The van der Waals surface area contributed by atoms with Crippen LogP contribution in [0, 0.1) is 0 Å².